The summed E-state index contributed by atoms with van der Waals surface area (Å²) in [5, 5.41) is 33.7. The van der Waals surface area contributed by atoms with Crippen molar-refractivity contribution < 1.29 is 127 Å². The highest BCUT2D eigenvalue weighted by atomic mass is 31.2. The maximum atomic E-state index is 13.7. The van der Waals surface area contributed by atoms with Crippen molar-refractivity contribution in [1.29, 1.82) is 0 Å². The Morgan fingerprint density at radius 3 is 0.778 bits per heavy atom. The van der Waals surface area contributed by atoms with E-state index in [1.54, 1.807) is 0 Å². The number of aliphatic hydroxyl groups excluding tert-OH is 3. The number of aliphatic hydroxyl groups is 3. The third kappa shape index (κ3) is 18.6. The van der Waals surface area contributed by atoms with E-state index >= 15 is 0 Å². The fourth-order valence-corrected chi connectivity index (χ4v) is 6.63. The predicted molar refractivity (Wildman–Crippen MR) is 162 cm³/mol. The van der Waals surface area contributed by atoms with E-state index in [1.165, 1.54) is 0 Å². The van der Waals surface area contributed by atoms with Gasteiger partial charge in [0, 0.05) is 41.5 Å². The Labute approximate surface area is 305 Å². The average molecular weight is 852 g/mol. The number of phosphoric ester groups is 3. The molecule has 54 heavy (non-hydrogen) atoms. The van der Waals surface area contributed by atoms with Gasteiger partial charge in [0.15, 0.2) is 0 Å². The van der Waals surface area contributed by atoms with Crippen LogP contribution in [0.2, 0.25) is 0 Å². The van der Waals surface area contributed by atoms with Gasteiger partial charge in [-0.25, -0.2) is 40.8 Å². The number of esters is 6. The van der Waals surface area contributed by atoms with Crippen LogP contribution in [-0.2, 0) is 112 Å². The molecule has 1 fully saturated rings. The molecule has 0 aromatic rings. The van der Waals surface area contributed by atoms with Gasteiger partial charge in [0.1, 0.15) is 36.6 Å². The molecule has 0 radical (unpaired) electrons. The van der Waals surface area contributed by atoms with Gasteiger partial charge < -0.3 is 43.7 Å². The molecule has 30 heteroatoms. The van der Waals surface area contributed by atoms with Crippen LogP contribution >= 0.6 is 23.5 Å². The fourth-order valence-electron chi connectivity index (χ4n) is 3.32. The van der Waals surface area contributed by atoms with Gasteiger partial charge in [0.05, 0.1) is 0 Å². The van der Waals surface area contributed by atoms with E-state index in [1.807, 2.05) is 0 Å². The minimum atomic E-state index is -5.39. The smallest absolute Gasteiger partial charge is 0.438 e. The van der Waals surface area contributed by atoms with Gasteiger partial charge in [-0.05, 0) is 0 Å². The SMILES string of the molecule is CC(=O)OCOP(=O)(OCOC(C)=O)O[C@@H]1[C@@H](O)[C@H](OP(=O)(OCOC(C)=O)OCOC(C)=O)[C@@H](OP(=O)(OCOC(C)=O)OCOC(C)=O)[C@H](O)[C@@H]1O. The molecule has 1 aliphatic carbocycles. The van der Waals surface area contributed by atoms with E-state index in [0.29, 0.717) is 0 Å². The predicted octanol–water partition coefficient (Wildman–Crippen LogP) is -0.214. The molecule has 0 saturated heterocycles. The first-order valence-electron chi connectivity index (χ1n) is 14.6. The van der Waals surface area contributed by atoms with Crippen LogP contribution < -0.4 is 0 Å². The number of carbonyl (C=O) groups excluding carboxylic acids is 6. The zero-order valence-electron chi connectivity index (χ0n) is 29.2. The van der Waals surface area contributed by atoms with E-state index in [2.05, 4.69) is 28.4 Å². The highest BCUT2D eigenvalue weighted by molar-refractivity contribution is 7.49. The number of ether oxygens (including phenoxy) is 6. The van der Waals surface area contributed by atoms with Crippen LogP contribution in [0, 0.1) is 0 Å². The summed E-state index contributed by atoms with van der Waals surface area (Å²) in [6.45, 7) is -1.74. The Bertz CT molecular complexity index is 1360. The quantitative estimate of drug-likeness (QED) is 0.0489. The van der Waals surface area contributed by atoms with Crippen LogP contribution in [0.1, 0.15) is 41.5 Å². The highest BCUT2D eigenvalue weighted by Gasteiger charge is 2.58. The van der Waals surface area contributed by atoms with Crippen molar-refractivity contribution in [2.24, 2.45) is 0 Å². The molecule has 1 rings (SSSR count). The van der Waals surface area contributed by atoms with Crippen LogP contribution in [0.3, 0.4) is 0 Å². The second-order valence-electron chi connectivity index (χ2n) is 9.82. The molecule has 1 saturated carbocycles. The van der Waals surface area contributed by atoms with E-state index < -0.39 is 137 Å². The van der Waals surface area contributed by atoms with Gasteiger partial charge >= 0.3 is 59.3 Å². The first-order chi connectivity index (χ1) is 25.0. The zero-order valence-corrected chi connectivity index (χ0v) is 31.9. The molecule has 312 valence electrons. The normalized spacial score (nSPS) is 21.7. The minimum absolute atomic E-state index is 0.901. The van der Waals surface area contributed by atoms with Crippen molar-refractivity contribution in [3.8, 4) is 0 Å². The van der Waals surface area contributed by atoms with Crippen molar-refractivity contribution in [2.45, 2.75) is 78.2 Å². The Hall–Kier alpha value is -2.97. The summed E-state index contributed by atoms with van der Waals surface area (Å²) < 4.78 is 113. The molecular weight excluding hydrogens is 813 g/mol. The van der Waals surface area contributed by atoms with Crippen molar-refractivity contribution in [2.75, 3.05) is 40.8 Å². The van der Waals surface area contributed by atoms with Crippen LogP contribution in [0.5, 0.6) is 0 Å². The fraction of sp³-hybridized carbons (Fsp3) is 0.750. The lowest BCUT2D eigenvalue weighted by Gasteiger charge is -2.45. The molecule has 0 aliphatic heterocycles. The number of hydrogen-bond donors (Lipinski definition) is 3. The van der Waals surface area contributed by atoms with Gasteiger partial charge in [-0.1, -0.05) is 0 Å². The van der Waals surface area contributed by atoms with Crippen LogP contribution in [0.15, 0.2) is 0 Å². The van der Waals surface area contributed by atoms with Gasteiger partial charge in [-0.2, -0.15) is 0 Å². The minimum Gasteiger partial charge on any atom is -0.438 e. The Kier molecular flexibility index (Phi) is 21.1. The number of hydrogen-bond acceptors (Lipinski definition) is 27. The van der Waals surface area contributed by atoms with Crippen molar-refractivity contribution in [1.82, 2.24) is 0 Å². The van der Waals surface area contributed by atoms with Gasteiger partial charge in [-0.15, -0.1) is 0 Å². The summed E-state index contributed by atoms with van der Waals surface area (Å²) in [6, 6.07) is 0. The summed E-state index contributed by atoms with van der Waals surface area (Å²) >= 11 is 0. The molecule has 0 heterocycles. The Balaban J connectivity index is 3.76. The standard InChI is InChI=1S/C24H39O27P3/c1-13(25)37-7-43-52(34,44-8-38-14(2)26)49-22-19(31)20(32)23(50-53(35,45-9-39-15(3)27)46-10-40-16(4)28)24(21(22)33)51-54(36,47-11-41-17(5)29)48-12-42-18(6)30/h19-24,31-33H,7-12H2,1-6H3/t19-,20+,21+,22-,23-,24-/m0/s1. The summed E-state index contributed by atoms with van der Waals surface area (Å²) in [4.78, 5) is 67.7. The molecule has 6 atom stereocenters. The van der Waals surface area contributed by atoms with Gasteiger partial charge in [0.25, 0.3) is 0 Å². The third-order valence-electron chi connectivity index (χ3n) is 5.61. The lowest BCUT2D eigenvalue weighted by atomic mass is 9.85. The molecule has 0 aromatic heterocycles. The number of phosphoric acid groups is 3. The largest absolute Gasteiger partial charge is 0.481 e. The summed E-state index contributed by atoms with van der Waals surface area (Å²) in [5.41, 5.74) is 0. The van der Waals surface area contributed by atoms with Crippen molar-refractivity contribution in [3.05, 3.63) is 0 Å². The second-order valence-corrected chi connectivity index (χ2v) is 14.7. The maximum absolute atomic E-state index is 13.7. The van der Waals surface area contributed by atoms with Crippen molar-refractivity contribution in [3.63, 3.8) is 0 Å². The number of carbonyl (C=O) groups is 6. The molecule has 1 aliphatic rings. The molecule has 0 aromatic carbocycles. The molecular formula is C24H39O27P3. The zero-order chi connectivity index (χ0) is 41.3. The highest BCUT2D eigenvalue weighted by Crippen LogP contribution is 2.58. The molecule has 0 unspecified atom stereocenters. The topological polar surface area (TPSA) is 353 Å². The molecule has 27 nitrogen and oxygen atoms in total. The van der Waals surface area contributed by atoms with Gasteiger partial charge in [-0.3, -0.25) is 42.3 Å². The Morgan fingerprint density at radius 2 is 0.556 bits per heavy atom. The molecule has 3 N–H and O–H groups in total. The lowest BCUT2D eigenvalue weighted by Crippen LogP contribution is -2.65. The molecule has 0 bridgehead atoms. The van der Waals surface area contributed by atoms with E-state index in [0.717, 1.165) is 41.5 Å². The average Bonchev–Trinajstić information content (AvgIpc) is 3.03. The maximum Gasteiger partial charge on any atom is 0.481 e. The Morgan fingerprint density at radius 1 is 0.370 bits per heavy atom. The van der Waals surface area contributed by atoms with Crippen molar-refractivity contribution >= 4 is 59.3 Å². The van der Waals surface area contributed by atoms with Crippen LogP contribution in [0.4, 0.5) is 0 Å². The van der Waals surface area contributed by atoms with E-state index in [-0.39, 0.29) is 0 Å². The van der Waals surface area contributed by atoms with Crippen LogP contribution in [0.25, 0.3) is 0 Å². The third-order valence-corrected chi connectivity index (χ3v) is 9.65. The summed E-state index contributed by atoms with van der Waals surface area (Å²) in [7, 11) is -16.0. The molecule has 0 spiro atoms. The number of rotatable bonds is 24. The van der Waals surface area contributed by atoms with Crippen LogP contribution in [-0.4, -0.2) is 129 Å². The lowest BCUT2D eigenvalue weighted by molar-refractivity contribution is -0.220. The first kappa shape index (κ1) is 49.0. The second kappa shape index (κ2) is 23.2. The van der Waals surface area contributed by atoms with E-state index in [9.17, 15) is 57.8 Å². The summed E-state index contributed by atoms with van der Waals surface area (Å²) in [5.74, 6) is -5.92. The first-order valence-corrected chi connectivity index (χ1v) is 19.0. The van der Waals surface area contributed by atoms with Gasteiger partial charge in [0.2, 0.25) is 40.8 Å². The summed E-state index contributed by atoms with van der Waals surface area (Å²) in [6.07, 6.45) is -15.5. The monoisotopic (exact) mass is 852 g/mol. The van der Waals surface area contributed by atoms with E-state index in [4.69, 9.17) is 40.7 Å². The molecule has 0 amide bonds.